The molecule has 1 atom stereocenters. The third kappa shape index (κ3) is 4.85. The molecule has 1 aromatic carbocycles. The van der Waals surface area contributed by atoms with E-state index < -0.39 is 11.5 Å². The summed E-state index contributed by atoms with van der Waals surface area (Å²) in [5, 5.41) is 12.2. The molecule has 20 heavy (non-hydrogen) atoms. The average Bonchev–Trinajstić information content (AvgIpc) is 2.41. The Bertz CT molecular complexity index is 416. The lowest BCUT2D eigenvalue weighted by atomic mass is 9.98. The fraction of sp³-hybridized carbons (Fsp3) is 0.562. The first-order chi connectivity index (χ1) is 9.51. The van der Waals surface area contributed by atoms with Crippen molar-refractivity contribution in [3.63, 3.8) is 0 Å². The zero-order chi connectivity index (χ0) is 15.0. The Morgan fingerprint density at radius 1 is 1.30 bits per heavy atom. The van der Waals surface area contributed by atoms with Crippen LogP contribution in [0, 0.1) is 0 Å². The van der Waals surface area contributed by atoms with Crippen molar-refractivity contribution in [1.29, 1.82) is 0 Å². The zero-order valence-electron chi connectivity index (χ0n) is 12.6. The summed E-state index contributed by atoms with van der Waals surface area (Å²) >= 11 is 0. The predicted molar refractivity (Wildman–Crippen MR) is 80.3 cm³/mol. The maximum Gasteiger partial charge on any atom is 0.323 e. The van der Waals surface area contributed by atoms with Crippen LogP contribution >= 0.6 is 0 Å². The molecule has 0 spiro atoms. The van der Waals surface area contributed by atoms with Gasteiger partial charge in [0.05, 0.1) is 6.61 Å². The van der Waals surface area contributed by atoms with Crippen LogP contribution in [0.25, 0.3) is 0 Å². The second kappa shape index (κ2) is 7.90. The summed E-state index contributed by atoms with van der Waals surface area (Å²) in [5.41, 5.74) is 0.361. The van der Waals surface area contributed by atoms with E-state index in [1.165, 1.54) is 5.56 Å². The molecule has 0 heterocycles. The van der Waals surface area contributed by atoms with Crippen molar-refractivity contribution in [2.75, 3.05) is 13.2 Å². The number of nitrogens with one attached hydrogen (secondary N) is 1. The summed E-state index contributed by atoms with van der Waals surface area (Å²) in [4.78, 5) is 11.3. The summed E-state index contributed by atoms with van der Waals surface area (Å²) in [7, 11) is 0. The number of carboxylic acid groups (broad SMARTS) is 1. The van der Waals surface area contributed by atoms with E-state index in [1.54, 1.807) is 6.92 Å². The monoisotopic (exact) mass is 279 g/mol. The summed E-state index contributed by atoms with van der Waals surface area (Å²) in [6.45, 7) is 6.73. The van der Waals surface area contributed by atoms with E-state index in [2.05, 4.69) is 24.4 Å². The number of carboxylic acids is 1. The molecule has 0 amide bonds. The molecule has 0 fully saturated rings. The largest absolute Gasteiger partial charge is 0.494 e. The SMILES string of the molecule is CCCc1ccc(OCCC(C)(NCC)C(=O)O)cc1. The maximum atomic E-state index is 11.3. The molecule has 1 rings (SSSR count). The van der Waals surface area contributed by atoms with Crippen LogP contribution in [-0.4, -0.2) is 29.8 Å². The number of ether oxygens (including phenoxy) is 1. The smallest absolute Gasteiger partial charge is 0.323 e. The normalized spacial score (nSPS) is 13.8. The molecular weight excluding hydrogens is 254 g/mol. The van der Waals surface area contributed by atoms with Gasteiger partial charge in [-0.2, -0.15) is 0 Å². The minimum atomic E-state index is -0.934. The Kier molecular flexibility index (Phi) is 6.52. The van der Waals surface area contributed by atoms with E-state index in [-0.39, 0.29) is 0 Å². The van der Waals surface area contributed by atoms with Crippen LogP contribution in [0.15, 0.2) is 24.3 Å². The minimum Gasteiger partial charge on any atom is -0.494 e. The number of likely N-dealkylation sites (N-methyl/N-ethyl adjacent to an activating group) is 1. The van der Waals surface area contributed by atoms with Gasteiger partial charge in [0.1, 0.15) is 11.3 Å². The van der Waals surface area contributed by atoms with E-state index in [0.717, 1.165) is 18.6 Å². The van der Waals surface area contributed by atoms with Crippen LogP contribution in [0.5, 0.6) is 5.75 Å². The third-order valence-electron chi connectivity index (χ3n) is 3.37. The average molecular weight is 279 g/mol. The first kappa shape index (κ1) is 16.5. The summed E-state index contributed by atoms with van der Waals surface area (Å²) in [6.07, 6.45) is 2.62. The highest BCUT2D eigenvalue weighted by molar-refractivity contribution is 5.78. The van der Waals surface area contributed by atoms with Gasteiger partial charge in [-0.15, -0.1) is 0 Å². The van der Waals surface area contributed by atoms with Gasteiger partial charge in [0, 0.05) is 6.42 Å². The van der Waals surface area contributed by atoms with Crippen LogP contribution in [0.2, 0.25) is 0 Å². The van der Waals surface area contributed by atoms with Crippen molar-refractivity contribution in [2.24, 2.45) is 0 Å². The van der Waals surface area contributed by atoms with Crippen molar-refractivity contribution in [3.05, 3.63) is 29.8 Å². The molecule has 0 bridgehead atoms. The Labute approximate surface area is 121 Å². The molecule has 0 radical (unpaired) electrons. The van der Waals surface area contributed by atoms with Crippen molar-refractivity contribution in [1.82, 2.24) is 5.32 Å². The summed E-state index contributed by atoms with van der Waals surface area (Å²) in [5.74, 6) is -0.0599. The van der Waals surface area contributed by atoms with E-state index >= 15 is 0 Å². The Morgan fingerprint density at radius 2 is 1.95 bits per heavy atom. The lowest BCUT2D eigenvalue weighted by Crippen LogP contribution is -2.50. The Morgan fingerprint density at radius 3 is 2.45 bits per heavy atom. The third-order valence-corrected chi connectivity index (χ3v) is 3.37. The van der Waals surface area contributed by atoms with Gasteiger partial charge in [0.25, 0.3) is 0 Å². The fourth-order valence-corrected chi connectivity index (χ4v) is 2.08. The quantitative estimate of drug-likeness (QED) is 0.730. The van der Waals surface area contributed by atoms with Crippen molar-refractivity contribution < 1.29 is 14.6 Å². The number of benzene rings is 1. The second-order valence-electron chi connectivity index (χ2n) is 5.16. The van der Waals surface area contributed by atoms with Gasteiger partial charge in [-0.3, -0.25) is 4.79 Å². The molecule has 112 valence electrons. The first-order valence-corrected chi connectivity index (χ1v) is 7.22. The standard InChI is InChI=1S/C16H25NO3/c1-4-6-13-7-9-14(10-8-13)20-12-11-16(3,15(18)19)17-5-2/h7-10,17H,4-6,11-12H2,1-3H3,(H,18,19). The number of rotatable bonds is 9. The molecular formula is C16H25NO3. The number of aryl methyl sites for hydroxylation is 1. The van der Waals surface area contributed by atoms with Crippen LogP contribution in [0.3, 0.4) is 0 Å². The van der Waals surface area contributed by atoms with Crippen LogP contribution in [0.4, 0.5) is 0 Å². The van der Waals surface area contributed by atoms with Crippen LogP contribution in [-0.2, 0) is 11.2 Å². The highest BCUT2D eigenvalue weighted by atomic mass is 16.5. The van der Waals surface area contributed by atoms with Crippen molar-refractivity contribution >= 4 is 5.97 Å². The number of hydrogen-bond acceptors (Lipinski definition) is 3. The van der Waals surface area contributed by atoms with Crippen molar-refractivity contribution in [3.8, 4) is 5.75 Å². The van der Waals surface area contributed by atoms with E-state index in [0.29, 0.717) is 19.6 Å². The van der Waals surface area contributed by atoms with Gasteiger partial charge < -0.3 is 15.2 Å². The molecule has 0 saturated heterocycles. The fourth-order valence-electron chi connectivity index (χ4n) is 2.08. The number of hydrogen-bond donors (Lipinski definition) is 2. The lowest BCUT2D eigenvalue weighted by molar-refractivity contribution is -0.144. The second-order valence-corrected chi connectivity index (χ2v) is 5.16. The van der Waals surface area contributed by atoms with Gasteiger partial charge >= 0.3 is 5.97 Å². The molecule has 1 aromatic rings. The molecule has 0 aliphatic heterocycles. The van der Waals surface area contributed by atoms with E-state index in [9.17, 15) is 9.90 Å². The molecule has 0 aliphatic carbocycles. The topological polar surface area (TPSA) is 58.6 Å². The van der Waals surface area contributed by atoms with Crippen molar-refractivity contribution in [2.45, 2.75) is 45.6 Å². The molecule has 1 unspecified atom stereocenters. The van der Waals surface area contributed by atoms with Crippen LogP contribution in [0.1, 0.15) is 39.2 Å². The number of carbonyl (C=O) groups is 1. The van der Waals surface area contributed by atoms with Crippen LogP contribution < -0.4 is 10.1 Å². The highest BCUT2D eigenvalue weighted by Gasteiger charge is 2.31. The van der Waals surface area contributed by atoms with E-state index in [1.807, 2.05) is 19.1 Å². The molecule has 4 heteroatoms. The highest BCUT2D eigenvalue weighted by Crippen LogP contribution is 2.16. The van der Waals surface area contributed by atoms with E-state index in [4.69, 9.17) is 4.74 Å². The lowest BCUT2D eigenvalue weighted by Gasteiger charge is -2.25. The molecule has 0 saturated carbocycles. The van der Waals surface area contributed by atoms with Gasteiger partial charge in [0.15, 0.2) is 0 Å². The van der Waals surface area contributed by atoms with Gasteiger partial charge in [-0.25, -0.2) is 0 Å². The summed E-state index contributed by atoms with van der Waals surface area (Å²) in [6, 6.07) is 7.99. The van der Waals surface area contributed by atoms with Gasteiger partial charge in [-0.1, -0.05) is 32.4 Å². The first-order valence-electron chi connectivity index (χ1n) is 7.22. The molecule has 2 N–H and O–H groups in total. The maximum absolute atomic E-state index is 11.3. The Balaban J connectivity index is 2.48. The molecule has 0 aromatic heterocycles. The number of aliphatic carboxylic acids is 1. The predicted octanol–water partition coefficient (Wildman–Crippen LogP) is 2.86. The zero-order valence-corrected chi connectivity index (χ0v) is 12.6. The molecule has 4 nitrogen and oxygen atoms in total. The van der Waals surface area contributed by atoms with Gasteiger partial charge in [-0.05, 0) is 37.6 Å². The minimum absolute atomic E-state index is 0.378. The Hall–Kier alpha value is -1.55. The molecule has 0 aliphatic rings. The summed E-state index contributed by atoms with van der Waals surface area (Å²) < 4.78 is 5.63. The van der Waals surface area contributed by atoms with Gasteiger partial charge in [0.2, 0.25) is 0 Å².